The van der Waals surface area contributed by atoms with Gasteiger partial charge in [0.05, 0.1) is 4.88 Å². The fraction of sp³-hybridized carbons (Fsp3) is 0.200. The molecule has 124 valence electrons. The number of carbonyl (C=O) groups is 1. The SMILES string of the molecule is O=C(Cn1nnc(-c2cccs2)n1)NCCc1ccc(Cl)cc1Cl. The molecule has 0 spiro atoms. The van der Waals surface area contributed by atoms with E-state index in [1.165, 1.54) is 16.1 Å². The van der Waals surface area contributed by atoms with Crippen LogP contribution in [0.2, 0.25) is 10.0 Å². The molecule has 0 unspecified atom stereocenters. The number of benzene rings is 1. The van der Waals surface area contributed by atoms with Gasteiger partial charge in [0.15, 0.2) is 0 Å². The zero-order valence-electron chi connectivity index (χ0n) is 12.4. The lowest BCUT2D eigenvalue weighted by Crippen LogP contribution is -2.30. The van der Waals surface area contributed by atoms with Gasteiger partial charge in [-0.25, -0.2) is 0 Å². The first-order chi connectivity index (χ1) is 11.6. The fourth-order valence-electron chi connectivity index (χ4n) is 2.06. The second-order valence-electron chi connectivity index (χ2n) is 4.96. The Morgan fingerprint density at radius 3 is 2.92 bits per heavy atom. The smallest absolute Gasteiger partial charge is 0.243 e. The molecule has 0 aliphatic rings. The third-order valence-corrected chi connectivity index (χ3v) is 4.66. The van der Waals surface area contributed by atoms with Crippen molar-refractivity contribution in [2.24, 2.45) is 0 Å². The topological polar surface area (TPSA) is 72.7 Å². The van der Waals surface area contributed by atoms with Gasteiger partial charge in [-0.2, -0.15) is 4.80 Å². The van der Waals surface area contributed by atoms with Crippen LogP contribution in [0.3, 0.4) is 0 Å². The molecule has 2 aromatic heterocycles. The molecule has 0 radical (unpaired) electrons. The first-order valence-electron chi connectivity index (χ1n) is 7.14. The highest BCUT2D eigenvalue weighted by molar-refractivity contribution is 7.13. The van der Waals surface area contributed by atoms with Gasteiger partial charge < -0.3 is 5.32 Å². The molecule has 9 heteroatoms. The largest absolute Gasteiger partial charge is 0.354 e. The lowest BCUT2D eigenvalue weighted by atomic mass is 10.1. The van der Waals surface area contributed by atoms with E-state index in [1.54, 1.807) is 12.1 Å². The molecule has 0 bridgehead atoms. The Hall–Kier alpha value is -1.96. The zero-order chi connectivity index (χ0) is 16.9. The van der Waals surface area contributed by atoms with Crippen LogP contribution in [-0.4, -0.2) is 32.7 Å². The molecule has 1 amide bonds. The van der Waals surface area contributed by atoms with Crippen LogP contribution in [0, 0.1) is 0 Å². The van der Waals surface area contributed by atoms with Gasteiger partial charge in [0.1, 0.15) is 6.54 Å². The Labute approximate surface area is 152 Å². The van der Waals surface area contributed by atoms with Crippen molar-refractivity contribution in [1.82, 2.24) is 25.5 Å². The third kappa shape index (κ3) is 4.31. The summed E-state index contributed by atoms with van der Waals surface area (Å²) in [4.78, 5) is 14.1. The zero-order valence-corrected chi connectivity index (χ0v) is 14.8. The molecule has 2 heterocycles. The van der Waals surface area contributed by atoms with Crippen LogP contribution in [0.1, 0.15) is 5.56 Å². The van der Waals surface area contributed by atoms with E-state index < -0.39 is 0 Å². The summed E-state index contributed by atoms with van der Waals surface area (Å²) >= 11 is 13.5. The molecule has 0 saturated heterocycles. The molecule has 0 atom stereocenters. The average molecular weight is 382 g/mol. The highest BCUT2D eigenvalue weighted by Crippen LogP contribution is 2.21. The Bertz CT molecular complexity index is 834. The van der Waals surface area contributed by atoms with Crippen molar-refractivity contribution in [3.05, 3.63) is 51.3 Å². The quantitative estimate of drug-likeness (QED) is 0.711. The summed E-state index contributed by atoms with van der Waals surface area (Å²) in [5.41, 5.74) is 0.931. The van der Waals surface area contributed by atoms with E-state index in [-0.39, 0.29) is 12.5 Å². The van der Waals surface area contributed by atoms with Crippen LogP contribution in [0.4, 0.5) is 0 Å². The number of aromatic nitrogens is 4. The molecule has 6 nitrogen and oxygen atoms in total. The van der Waals surface area contributed by atoms with Crippen molar-refractivity contribution < 1.29 is 4.79 Å². The number of tetrazole rings is 1. The summed E-state index contributed by atoms with van der Waals surface area (Å²) in [6, 6.07) is 9.13. The summed E-state index contributed by atoms with van der Waals surface area (Å²) in [5, 5.41) is 17.9. The Balaban J connectivity index is 1.49. The average Bonchev–Trinajstić information content (AvgIpc) is 3.20. The second-order valence-corrected chi connectivity index (χ2v) is 6.75. The normalized spacial score (nSPS) is 10.8. The van der Waals surface area contributed by atoms with Gasteiger partial charge in [0, 0.05) is 16.6 Å². The number of hydrogen-bond acceptors (Lipinski definition) is 5. The number of amides is 1. The van der Waals surface area contributed by atoms with E-state index in [1.807, 2.05) is 23.6 Å². The number of nitrogens with zero attached hydrogens (tertiary/aromatic N) is 4. The summed E-state index contributed by atoms with van der Waals surface area (Å²) in [5.74, 6) is 0.334. The lowest BCUT2D eigenvalue weighted by molar-refractivity contribution is -0.122. The van der Waals surface area contributed by atoms with Crippen LogP contribution in [0.5, 0.6) is 0 Å². The van der Waals surface area contributed by atoms with Gasteiger partial charge in [-0.05, 0) is 40.8 Å². The first-order valence-corrected chi connectivity index (χ1v) is 8.77. The van der Waals surface area contributed by atoms with Crippen LogP contribution in [-0.2, 0) is 17.8 Å². The predicted octanol–water partition coefficient (Wildman–Crippen LogP) is 3.07. The van der Waals surface area contributed by atoms with E-state index in [0.717, 1.165) is 10.4 Å². The summed E-state index contributed by atoms with van der Waals surface area (Å²) in [6.45, 7) is 0.486. The minimum absolute atomic E-state index is 0.0206. The number of hydrogen-bond donors (Lipinski definition) is 1. The van der Waals surface area contributed by atoms with Gasteiger partial charge in [-0.15, -0.1) is 21.5 Å². The molecular formula is C15H13Cl2N5OS. The summed E-state index contributed by atoms with van der Waals surface area (Å²) in [7, 11) is 0. The van der Waals surface area contributed by atoms with E-state index in [9.17, 15) is 4.79 Å². The fourth-order valence-corrected chi connectivity index (χ4v) is 3.21. The van der Waals surface area contributed by atoms with Gasteiger partial charge in [-0.3, -0.25) is 4.79 Å². The molecule has 0 fully saturated rings. The van der Waals surface area contributed by atoms with Crippen LogP contribution in [0.15, 0.2) is 35.7 Å². The van der Waals surface area contributed by atoms with Gasteiger partial charge in [0.25, 0.3) is 0 Å². The maximum absolute atomic E-state index is 11.9. The maximum Gasteiger partial charge on any atom is 0.243 e. The molecule has 1 N–H and O–H groups in total. The van der Waals surface area contributed by atoms with E-state index in [4.69, 9.17) is 23.2 Å². The van der Waals surface area contributed by atoms with Crippen LogP contribution < -0.4 is 5.32 Å². The number of thiophene rings is 1. The molecule has 3 aromatic rings. The highest BCUT2D eigenvalue weighted by atomic mass is 35.5. The minimum atomic E-state index is -0.185. The van der Waals surface area contributed by atoms with Crippen molar-refractivity contribution in [3.63, 3.8) is 0 Å². The predicted molar refractivity (Wildman–Crippen MR) is 94.3 cm³/mol. The third-order valence-electron chi connectivity index (χ3n) is 3.21. The van der Waals surface area contributed by atoms with Crippen molar-refractivity contribution in [2.75, 3.05) is 6.54 Å². The minimum Gasteiger partial charge on any atom is -0.354 e. The molecule has 3 rings (SSSR count). The highest BCUT2D eigenvalue weighted by Gasteiger charge is 2.10. The number of rotatable bonds is 6. The number of halogens is 2. The molecule has 24 heavy (non-hydrogen) atoms. The van der Waals surface area contributed by atoms with Crippen molar-refractivity contribution in [2.45, 2.75) is 13.0 Å². The van der Waals surface area contributed by atoms with E-state index in [2.05, 4.69) is 20.7 Å². The Morgan fingerprint density at radius 2 is 2.17 bits per heavy atom. The van der Waals surface area contributed by atoms with E-state index in [0.29, 0.717) is 28.8 Å². The number of carbonyl (C=O) groups excluding carboxylic acids is 1. The van der Waals surface area contributed by atoms with E-state index >= 15 is 0 Å². The lowest BCUT2D eigenvalue weighted by Gasteiger charge is -2.06. The second kappa shape index (κ2) is 7.74. The molecule has 0 aliphatic heterocycles. The molecular weight excluding hydrogens is 369 g/mol. The van der Waals surface area contributed by atoms with Crippen molar-refractivity contribution in [1.29, 1.82) is 0 Å². The van der Waals surface area contributed by atoms with Crippen molar-refractivity contribution in [3.8, 4) is 10.7 Å². The molecule has 0 aliphatic carbocycles. The first kappa shape index (κ1) is 16.9. The van der Waals surface area contributed by atoms with Gasteiger partial charge in [-0.1, -0.05) is 35.3 Å². The monoisotopic (exact) mass is 381 g/mol. The molecule has 1 aromatic carbocycles. The van der Waals surface area contributed by atoms with Gasteiger partial charge in [0.2, 0.25) is 11.7 Å². The van der Waals surface area contributed by atoms with Crippen molar-refractivity contribution >= 4 is 40.4 Å². The molecule has 0 saturated carbocycles. The van der Waals surface area contributed by atoms with Crippen LogP contribution in [0.25, 0.3) is 10.7 Å². The maximum atomic E-state index is 11.9. The Kier molecular flexibility index (Phi) is 5.44. The summed E-state index contributed by atoms with van der Waals surface area (Å²) in [6.07, 6.45) is 0.618. The van der Waals surface area contributed by atoms with Crippen LogP contribution >= 0.6 is 34.5 Å². The number of nitrogens with one attached hydrogen (secondary N) is 1. The Morgan fingerprint density at radius 1 is 1.29 bits per heavy atom. The standard InChI is InChI=1S/C15H13Cl2N5OS/c16-11-4-3-10(12(17)8-11)5-6-18-14(23)9-22-20-15(19-21-22)13-2-1-7-24-13/h1-4,7-8H,5-6,9H2,(H,18,23). The van der Waals surface area contributed by atoms with Gasteiger partial charge >= 0.3 is 0 Å². The summed E-state index contributed by atoms with van der Waals surface area (Å²) < 4.78 is 0.